The van der Waals surface area contributed by atoms with E-state index >= 15 is 0 Å². The number of thioether (sulfide) groups is 1. The molecule has 0 atom stereocenters. The standard InChI is InChI=1S/C27H20N2OS/c30-25-27(21-13-5-1-6-14-21,22-15-7-2-8-16-22)31-26(28-23-17-9-3-10-18-23)29(25)24-19-11-4-12-20-24/h1-20H. The minimum absolute atomic E-state index is 0.0178. The number of rotatable bonds is 4. The molecular formula is C27H20N2OS. The summed E-state index contributed by atoms with van der Waals surface area (Å²) in [5, 5.41) is 0.662. The topological polar surface area (TPSA) is 32.7 Å². The van der Waals surface area contributed by atoms with Crippen molar-refractivity contribution < 1.29 is 4.79 Å². The summed E-state index contributed by atoms with van der Waals surface area (Å²) in [6.07, 6.45) is 0. The van der Waals surface area contributed by atoms with E-state index in [1.165, 1.54) is 11.8 Å². The number of nitrogens with zero attached hydrogens (tertiary/aromatic N) is 2. The Labute approximate surface area is 186 Å². The molecule has 5 rings (SSSR count). The molecular weight excluding hydrogens is 400 g/mol. The van der Waals surface area contributed by atoms with Gasteiger partial charge >= 0.3 is 0 Å². The molecule has 1 heterocycles. The highest BCUT2D eigenvalue weighted by molar-refractivity contribution is 8.16. The lowest BCUT2D eigenvalue weighted by Crippen LogP contribution is -2.39. The third-order valence-corrected chi connectivity index (χ3v) is 6.70. The van der Waals surface area contributed by atoms with Crippen LogP contribution in [0, 0.1) is 0 Å². The SMILES string of the molecule is O=C1N(c2ccccc2)C(=Nc2ccccc2)SC1(c1ccccc1)c1ccccc1. The van der Waals surface area contributed by atoms with Crippen LogP contribution in [0.1, 0.15) is 11.1 Å². The van der Waals surface area contributed by atoms with Gasteiger partial charge in [0, 0.05) is 0 Å². The summed E-state index contributed by atoms with van der Waals surface area (Å²) in [6, 6.07) is 39.4. The van der Waals surface area contributed by atoms with Gasteiger partial charge in [-0.25, -0.2) is 4.99 Å². The maximum absolute atomic E-state index is 14.3. The first-order chi connectivity index (χ1) is 15.3. The summed E-state index contributed by atoms with van der Waals surface area (Å²) in [5.74, 6) is -0.0178. The fourth-order valence-electron chi connectivity index (χ4n) is 3.84. The summed E-state index contributed by atoms with van der Waals surface area (Å²) in [6.45, 7) is 0. The lowest BCUT2D eigenvalue weighted by molar-refractivity contribution is -0.118. The van der Waals surface area contributed by atoms with Crippen LogP contribution in [0.5, 0.6) is 0 Å². The summed E-state index contributed by atoms with van der Waals surface area (Å²) >= 11 is 1.50. The third-order valence-electron chi connectivity index (χ3n) is 5.30. The van der Waals surface area contributed by atoms with Gasteiger partial charge < -0.3 is 0 Å². The average molecular weight is 421 g/mol. The lowest BCUT2D eigenvalue weighted by atomic mass is 9.89. The van der Waals surface area contributed by atoms with E-state index in [-0.39, 0.29) is 5.91 Å². The highest BCUT2D eigenvalue weighted by Crippen LogP contribution is 2.52. The normalized spacial score (nSPS) is 16.6. The van der Waals surface area contributed by atoms with E-state index < -0.39 is 4.75 Å². The monoisotopic (exact) mass is 420 g/mol. The molecule has 4 aromatic carbocycles. The van der Waals surface area contributed by atoms with Gasteiger partial charge in [0.2, 0.25) is 0 Å². The van der Waals surface area contributed by atoms with E-state index in [1.54, 1.807) is 4.90 Å². The van der Waals surface area contributed by atoms with Gasteiger partial charge in [0.15, 0.2) is 9.91 Å². The predicted molar refractivity (Wildman–Crippen MR) is 129 cm³/mol. The molecule has 31 heavy (non-hydrogen) atoms. The van der Waals surface area contributed by atoms with Crippen molar-refractivity contribution in [2.24, 2.45) is 4.99 Å². The number of amides is 1. The van der Waals surface area contributed by atoms with Crippen LogP contribution >= 0.6 is 11.8 Å². The Kier molecular flexibility index (Phi) is 5.14. The molecule has 0 aliphatic carbocycles. The minimum Gasteiger partial charge on any atom is -0.272 e. The first-order valence-corrected chi connectivity index (χ1v) is 10.9. The fourth-order valence-corrected chi connectivity index (χ4v) is 5.23. The van der Waals surface area contributed by atoms with Crippen LogP contribution in [0.15, 0.2) is 126 Å². The second kappa shape index (κ2) is 8.25. The number of aliphatic imine (C=N–C) groups is 1. The van der Waals surface area contributed by atoms with Gasteiger partial charge in [-0.05, 0) is 35.4 Å². The van der Waals surface area contributed by atoms with E-state index in [4.69, 9.17) is 4.99 Å². The van der Waals surface area contributed by atoms with Gasteiger partial charge in [-0.15, -0.1) is 0 Å². The second-order valence-corrected chi connectivity index (χ2v) is 8.40. The van der Waals surface area contributed by atoms with E-state index in [9.17, 15) is 4.79 Å². The predicted octanol–water partition coefficient (Wildman–Crippen LogP) is 6.40. The van der Waals surface area contributed by atoms with Crippen molar-refractivity contribution >= 4 is 34.2 Å². The highest BCUT2D eigenvalue weighted by atomic mass is 32.2. The molecule has 150 valence electrons. The number of carbonyl (C=O) groups excluding carboxylic acids is 1. The molecule has 1 saturated heterocycles. The zero-order valence-corrected chi connectivity index (χ0v) is 17.6. The van der Waals surface area contributed by atoms with Crippen LogP contribution < -0.4 is 4.90 Å². The van der Waals surface area contributed by atoms with Crippen LogP contribution in [-0.2, 0) is 9.54 Å². The Morgan fingerprint density at radius 2 is 1.06 bits per heavy atom. The molecule has 0 aromatic heterocycles. The summed E-state index contributed by atoms with van der Waals surface area (Å²) in [4.78, 5) is 20.9. The van der Waals surface area contributed by atoms with Gasteiger partial charge in [-0.1, -0.05) is 109 Å². The Bertz CT molecular complexity index is 1170. The molecule has 0 spiro atoms. The fraction of sp³-hybridized carbons (Fsp3) is 0.0370. The van der Waals surface area contributed by atoms with Gasteiger partial charge in [0.1, 0.15) is 0 Å². The maximum atomic E-state index is 14.3. The molecule has 1 aliphatic rings. The molecule has 0 unspecified atom stereocenters. The van der Waals surface area contributed by atoms with Crippen molar-refractivity contribution in [3.63, 3.8) is 0 Å². The third kappa shape index (κ3) is 3.45. The first kappa shape index (κ1) is 19.3. The molecule has 4 aromatic rings. The summed E-state index contributed by atoms with van der Waals surface area (Å²) in [5.41, 5.74) is 3.50. The largest absolute Gasteiger partial charge is 0.272 e. The number of carbonyl (C=O) groups is 1. The zero-order chi connectivity index (χ0) is 21.1. The number of hydrogen-bond donors (Lipinski definition) is 0. The van der Waals surface area contributed by atoms with Gasteiger partial charge in [0.05, 0.1) is 11.4 Å². The number of anilines is 1. The Morgan fingerprint density at radius 1 is 0.613 bits per heavy atom. The van der Waals surface area contributed by atoms with Gasteiger partial charge in [0.25, 0.3) is 5.91 Å². The molecule has 0 saturated carbocycles. The Hall–Kier alpha value is -3.63. The second-order valence-electron chi connectivity index (χ2n) is 7.22. The Morgan fingerprint density at radius 3 is 1.58 bits per heavy atom. The minimum atomic E-state index is -0.911. The maximum Gasteiger partial charge on any atom is 0.258 e. The number of amidine groups is 1. The molecule has 1 amide bonds. The lowest BCUT2D eigenvalue weighted by Gasteiger charge is -2.27. The molecule has 1 fully saturated rings. The molecule has 0 bridgehead atoms. The van der Waals surface area contributed by atoms with Crippen molar-refractivity contribution in [1.82, 2.24) is 0 Å². The van der Waals surface area contributed by atoms with Crippen LogP contribution in [0.4, 0.5) is 11.4 Å². The smallest absolute Gasteiger partial charge is 0.258 e. The summed E-state index contributed by atoms with van der Waals surface area (Å²) in [7, 11) is 0. The quantitative estimate of drug-likeness (QED) is 0.383. The van der Waals surface area contributed by atoms with Crippen LogP contribution in [0.2, 0.25) is 0 Å². The van der Waals surface area contributed by atoms with Crippen LogP contribution in [0.25, 0.3) is 0 Å². The molecule has 0 N–H and O–H groups in total. The van der Waals surface area contributed by atoms with Crippen molar-refractivity contribution in [1.29, 1.82) is 0 Å². The zero-order valence-electron chi connectivity index (χ0n) is 16.8. The van der Waals surface area contributed by atoms with Crippen molar-refractivity contribution in [3.05, 3.63) is 132 Å². The highest BCUT2D eigenvalue weighted by Gasteiger charge is 2.54. The number of para-hydroxylation sites is 2. The molecule has 3 nitrogen and oxygen atoms in total. The molecule has 1 aliphatic heterocycles. The van der Waals surface area contributed by atoms with Crippen molar-refractivity contribution in [3.8, 4) is 0 Å². The molecule has 0 radical (unpaired) electrons. The number of hydrogen-bond acceptors (Lipinski definition) is 3. The summed E-state index contributed by atoms with van der Waals surface area (Å²) < 4.78 is -0.911. The van der Waals surface area contributed by atoms with E-state index in [0.29, 0.717) is 5.17 Å². The Balaban J connectivity index is 1.75. The van der Waals surface area contributed by atoms with Crippen LogP contribution in [0.3, 0.4) is 0 Å². The van der Waals surface area contributed by atoms with Gasteiger partial charge in [-0.3, -0.25) is 9.69 Å². The van der Waals surface area contributed by atoms with Gasteiger partial charge in [-0.2, -0.15) is 0 Å². The first-order valence-electron chi connectivity index (χ1n) is 10.1. The van der Waals surface area contributed by atoms with E-state index in [2.05, 4.69) is 0 Å². The van der Waals surface area contributed by atoms with E-state index in [1.807, 2.05) is 121 Å². The van der Waals surface area contributed by atoms with E-state index in [0.717, 1.165) is 22.5 Å². The molecule has 4 heteroatoms. The average Bonchev–Trinajstić information content (AvgIpc) is 3.14. The number of benzene rings is 4. The van der Waals surface area contributed by atoms with Crippen LogP contribution in [-0.4, -0.2) is 11.1 Å². The van der Waals surface area contributed by atoms with Crippen molar-refractivity contribution in [2.45, 2.75) is 4.75 Å². The van der Waals surface area contributed by atoms with Crippen molar-refractivity contribution in [2.75, 3.05) is 4.90 Å².